The van der Waals surface area contributed by atoms with Crippen molar-refractivity contribution in [2.24, 2.45) is 5.92 Å². The predicted octanol–water partition coefficient (Wildman–Crippen LogP) is 1.95. The van der Waals surface area contributed by atoms with Crippen molar-refractivity contribution in [1.82, 2.24) is 20.3 Å². The van der Waals surface area contributed by atoms with Crippen LogP contribution in [0.4, 0.5) is 0 Å². The SMILES string of the molecule is CCn1nccc1CNC(=O)c1noc2c1CC(C)CC2. The molecule has 1 atom stereocenters. The number of aromatic nitrogens is 3. The Morgan fingerprint density at radius 2 is 2.43 bits per heavy atom. The van der Waals surface area contributed by atoms with E-state index in [4.69, 9.17) is 4.52 Å². The number of carbonyl (C=O) groups excluding carboxylic acids is 1. The third-order valence-corrected chi connectivity index (χ3v) is 4.04. The Bertz CT molecular complexity index is 644. The molecule has 6 nitrogen and oxygen atoms in total. The minimum atomic E-state index is -0.169. The van der Waals surface area contributed by atoms with Gasteiger partial charge in [0.05, 0.1) is 12.2 Å². The second-order valence-electron chi connectivity index (χ2n) is 5.60. The molecule has 0 saturated carbocycles. The van der Waals surface area contributed by atoms with Gasteiger partial charge >= 0.3 is 0 Å². The van der Waals surface area contributed by atoms with Crippen LogP contribution in [0.1, 0.15) is 47.8 Å². The van der Waals surface area contributed by atoms with E-state index < -0.39 is 0 Å². The highest BCUT2D eigenvalue weighted by atomic mass is 16.5. The molecule has 6 heteroatoms. The van der Waals surface area contributed by atoms with Gasteiger partial charge in [0.25, 0.3) is 5.91 Å². The monoisotopic (exact) mass is 288 g/mol. The van der Waals surface area contributed by atoms with Gasteiger partial charge in [-0.3, -0.25) is 9.48 Å². The fraction of sp³-hybridized carbons (Fsp3) is 0.533. The highest BCUT2D eigenvalue weighted by Crippen LogP contribution is 2.27. The second kappa shape index (κ2) is 5.71. The predicted molar refractivity (Wildman–Crippen MR) is 76.8 cm³/mol. The van der Waals surface area contributed by atoms with E-state index in [1.54, 1.807) is 6.20 Å². The van der Waals surface area contributed by atoms with Crippen LogP contribution >= 0.6 is 0 Å². The van der Waals surface area contributed by atoms with Crippen LogP contribution in [-0.4, -0.2) is 20.8 Å². The number of rotatable bonds is 4. The van der Waals surface area contributed by atoms with E-state index >= 15 is 0 Å². The molecule has 1 N–H and O–H groups in total. The summed E-state index contributed by atoms with van der Waals surface area (Å²) < 4.78 is 7.17. The van der Waals surface area contributed by atoms with Gasteiger partial charge in [0.15, 0.2) is 5.69 Å². The van der Waals surface area contributed by atoms with Crippen LogP contribution in [0.2, 0.25) is 0 Å². The zero-order valence-electron chi connectivity index (χ0n) is 12.4. The Balaban J connectivity index is 1.70. The zero-order chi connectivity index (χ0) is 14.8. The van der Waals surface area contributed by atoms with Gasteiger partial charge in [0.1, 0.15) is 5.76 Å². The lowest BCUT2D eigenvalue weighted by atomic mass is 9.88. The average Bonchev–Trinajstić information content (AvgIpc) is 3.10. The molecular weight excluding hydrogens is 268 g/mol. The zero-order valence-corrected chi connectivity index (χ0v) is 12.4. The maximum absolute atomic E-state index is 12.3. The quantitative estimate of drug-likeness (QED) is 0.933. The lowest BCUT2D eigenvalue weighted by Crippen LogP contribution is -2.26. The van der Waals surface area contributed by atoms with Crippen molar-refractivity contribution in [3.8, 4) is 0 Å². The van der Waals surface area contributed by atoms with Crippen molar-refractivity contribution < 1.29 is 9.32 Å². The second-order valence-corrected chi connectivity index (χ2v) is 5.60. The highest BCUT2D eigenvalue weighted by molar-refractivity contribution is 5.93. The van der Waals surface area contributed by atoms with Gasteiger partial charge in [0.2, 0.25) is 0 Å². The molecule has 0 radical (unpaired) electrons. The highest BCUT2D eigenvalue weighted by Gasteiger charge is 2.26. The molecule has 2 heterocycles. The number of aryl methyl sites for hydroxylation is 2. The molecule has 1 aliphatic carbocycles. The molecular formula is C15H20N4O2. The molecule has 0 fully saturated rings. The number of hydrogen-bond acceptors (Lipinski definition) is 4. The van der Waals surface area contributed by atoms with E-state index in [9.17, 15) is 4.79 Å². The number of hydrogen-bond donors (Lipinski definition) is 1. The summed E-state index contributed by atoms with van der Waals surface area (Å²) in [5, 5.41) is 11.1. The summed E-state index contributed by atoms with van der Waals surface area (Å²) in [6.07, 6.45) is 4.58. The number of carbonyl (C=O) groups is 1. The van der Waals surface area contributed by atoms with E-state index in [1.165, 1.54) is 0 Å². The standard InChI is InChI=1S/C15H20N4O2/c1-3-19-11(6-7-17-19)9-16-15(20)14-12-8-10(2)4-5-13(12)21-18-14/h6-7,10H,3-5,8-9H2,1-2H3,(H,16,20). The molecule has 0 aromatic carbocycles. The fourth-order valence-electron chi connectivity index (χ4n) is 2.81. The minimum absolute atomic E-state index is 0.169. The van der Waals surface area contributed by atoms with Gasteiger partial charge in [-0.2, -0.15) is 5.10 Å². The number of nitrogens with one attached hydrogen (secondary N) is 1. The first-order valence-electron chi connectivity index (χ1n) is 7.45. The summed E-state index contributed by atoms with van der Waals surface area (Å²) in [6.45, 7) is 5.45. The van der Waals surface area contributed by atoms with E-state index in [1.807, 2.05) is 17.7 Å². The van der Waals surface area contributed by atoms with Crippen molar-refractivity contribution in [2.75, 3.05) is 0 Å². The number of nitrogens with zero attached hydrogens (tertiary/aromatic N) is 3. The van der Waals surface area contributed by atoms with E-state index in [2.05, 4.69) is 22.5 Å². The van der Waals surface area contributed by atoms with Crippen LogP contribution in [0.25, 0.3) is 0 Å². The van der Waals surface area contributed by atoms with Crippen molar-refractivity contribution in [3.63, 3.8) is 0 Å². The van der Waals surface area contributed by atoms with Crippen molar-refractivity contribution >= 4 is 5.91 Å². The third kappa shape index (κ3) is 2.70. The first kappa shape index (κ1) is 13.9. The topological polar surface area (TPSA) is 73.0 Å². The van der Waals surface area contributed by atoms with Crippen LogP contribution in [0.3, 0.4) is 0 Å². The molecule has 0 aliphatic heterocycles. The summed E-state index contributed by atoms with van der Waals surface area (Å²) >= 11 is 0. The summed E-state index contributed by atoms with van der Waals surface area (Å²) in [4.78, 5) is 12.3. The van der Waals surface area contributed by atoms with Crippen molar-refractivity contribution in [1.29, 1.82) is 0 Å². The third-order valence-electron chi connectivity index (χ3n) is 4.04. The first-order chi connectivity index (χ1) is 10.2. The van der Waals surface area contributed by atoms with E-state index in [0.717, 1.165) is 42.8 Å². The molecule has 112 valence electrons. The molecule has 1 amide bonds. The molecule has 2 aromatic rings. The fourth-order valence-corrected chi connectivity index (χ4v) is 2.81. The molecule has 1 aliphatic rings. The number of fused-ring (bicyclic) bond motifs is 1. The van der Waals surface area contributed by atoms with Crippen LogP contribution in [0.5, 0.6) is 0 Å². The maximum atomic E-state index is 12.3. The Kier molecular flexibility index (Phi) is 3.77. The Hall–Kier alpha value is -2.11. The molecule has 2 aromatic heterocycles. The Morgan fingerprint density at radius 1 is 1.57 bits per heavy atom. The maximum Gasteiger partial charge on any atom is 0.274 e. The lowest BCUT2D eigenvalue weighted by Gasteiger charge is -2.16. The average molecular weight is 288 g/mol. The van der Waals surface area contributed by atoms with Gasteiger partial charge in [-0.1, -0.05) is 12.1 Å². The van der Waals surface area contributed by atoms with Crippen molar-refractivity contribution in [2.45, 2.75) is 46.2 Å². The van der Waals surface area contributed by atoms with Gasteiger partial charge in [-0.05, 0) is 31.7 Å². The van der Waals surface area contributed by atoms with Crippen LogP contribution in [0, 0.1) is 5.92 Å². The van der Waals surface area contributed by atoms with Crippen LogP contribution in [-0.2, 0) is 25.9 Å². The normalized spacial score (nSPS) is 17.5. The summed E-state index contributed by atoms with van der Waals surface area (Å²) in [5.41, 5.74) is 2.41. The summed E-state index contributed by atoms with van der Waals surface area (Å²) in [6, 6.07) is 1.91. The molecule has 0 saturated heterocycles. The summed E-state index contributed by atoms with van der Waals surface area (Å²) in [5.74, 6) is 1.28. The summed E-state index contributed by atoms with van der Waals surface area (Å²) in [7, 11) is 0. The number of amides is 1. The lowest BCUT2D eigenvalue weighted by molar-refractivity contribution is 0.0940. The molecule has 0 spiro atoms. The van der Waals surface area contributed by atoms with Gasteiger partial charge in [-0.25, -0.2) is 0 Å². The first-order valence-corrected chi connectivity index (χ1v) is 7.45. The largest absolute Gasteiger partial charge is 0.360 e. The van der Waals surface area contributed by atoms with Crippen molar-refractivity contribution in [3.05, 3.63) is 35.0 Å². The van der Waals surface area contributed by atoms with Gasteiger partial charge < -0.3 is 9.84 Å². The molecule has 0 bridgehead atoms. The van der Waals surface area contributed by atoms with Gasteiger partial charge in [-0.15, -0.1) is 0 Å². The van der Waals surface area contributed by atoms with Crippen LogP contribution < -0.4 is 5.32 Å². The van der Waals surface area contributed by atoms with E-state index in [-0.39, 0.29) is 5.91 Å². The Morgan fingerprint density at radius 3 is 3.24 bits per heavy atom. The molecule has 1 unspecified atom stereocenters. The van der Waals surface area contributed by atoms with Gasteiger partial charge in [0, 0.05) is 24.7 Å². The van der Waals surface area contributed by atoms with E-state index in [0.29, 0.717) is 18.2 Å². The molecule has 3 rings (SSSR count). The molecule has 21 heavy (non-hydrogen) atoms. The minimum Gasteiger partial charge on any atom is -0.360 e. The smallest absolute Gasteiger partial charge is 0.274 e. The van der Waals surface area contributed by atoms with Crippen LogP contribution in [0.15, 0.2) is 16.8 Å². The Labute approximate surface area is 123 Å².